The average molecular weight is 528 g/mol. The molecule has 0 fully saturated rings. The molecule has 1 atom stereocenters. The lowest BCUT2D eigenvalue weighted by Gasteiger charge is -2.30. The van der Waals surface area contributed by atoms with Crippen LogP contribution in [0.5, 0.6) is 5.88 Å². The first kappa shape index (κ1) is 26.7. The van der Waals surface area contributed by atoms with Crippen molar-refractivity contribution in [2.24, 2.45) is 5.73 Å². The number of cyclic esters (lactones) is 1. The molecule has 10 nitrogen and oxygen atoms in total. The van der Waals surface area contributed by atoms with Crippen LogP contribution in [0.4, 0.5) is 11.6 Å². The second kappa shape index (κ2) is 9.86. The number of esters is 1. The van der Waals surface area contributed by atoms with Crippen molar-refractivity contribution in [3.8, 4) is 5.88 Å². The summed E-state index contributed by atoms with van der Waals surface area (Å²) < 4.78 is 34.0. The highest BCUT2D eigenvalue weighted by Gasteiger charge is 2.35. The first-order chi connectivity index (χ1) is 17.3. The number of pyridine rings is 3. The number of ether oxygens (including phenoxy) is 2. The molecule has 4 rings (SSSR count). The van der Waals surface area contributed by atoms with Gasteiger partial charge in [0.2, 0.25) is 5.88 Å². The van der Waals surface area contributed by atoms with Gasteiger partial charge in [-0.05, 0) is 48.9 Å². The summed E-state index contributed by atoms with van der Waals surface area (Å²) >= 11 is 0. The van der Waals surface area contributed by atoms with E-state index in [2.05, 4.69) is 15.3 Å². The summed E-state index contributed by atoms with van der Waals surface area (Å²) in [5.41, 5.74) is 7.51. The molecule has 3 aromatic heterocycles. The van der Waals surface area contributed by atoms with Crippen molar-refractivity contribution in [1.29, 1.82) is 0 Å². The second-order valence-corrected chi connectivity index (χ2v) is 12.6. The van der Waals surface area contributed by atoms with E-state index in [-0.39, 0.29) is 24.9 Å². The van der Waals surface area contributed by atoms with E-state index in [0.29, 0.717) is 47.0 Å². The topological polar surface area (TPSA) is 146 Å². The first-order valence-electron chi connectivity index (χ1n) is 12.1. The highest BCUT2D eigenvalue weighted by Crippen LogP contribution is 2.35. The van der Waals surface area contributed by atoms with Gasteiger partial charge in [0.1, 0.15) is 28.1 Å². The number of nitrogens with one attached hydrogen (secondary N) is 1. The molecule has 0 radical (unpaired) electrons. The van der Waals surface area contributed by atoms with Gasteiger partial charge >= 0.3 is 5.97 Å². The molecule has 1 aliphatic heterocycles. The van der Waals surface area contributed by atoms with E-state index in [1.165, 1.54) is 6.26 Å². The monoisotopic (exact) mass is 527 g/mol. The van der Waals surface area contributed by atoms with E-state index < -0.39 is 20.8 Å². The van der Waals surface area contributed by atoms with Crippen LogP contribution in [0.1, 0.15) is 62.2 Å². The Balaban J connectivity index is 1.69. The molecule has 0 aliphatic carbocycles. The smallest absolute Gasteiger partial charge is 0.340 e. The van der Waals surface area contributed by atoms with Crippen LogP contribution in [0.3, 0.4) is 0 Å². The summed E-state index contributed by atoms with van der Waals surface area (Å²) in [6, 6.07) is 5.30. The maximum atomic E-state index is 12.2. The lowest BCUT2D eigenvalue weighted by molar-refractivity contribution is 0.0366. The molecule has 198 valence electrons. The van der Waals surface area contributed by atoms with E-state index in [1.54, 1.807) is 24.5 Å². The summed E-state index contributed by atoms with van der Waals surface area (Å²) in [6.45, 7) is 8.37. The average Bonchev–Trinajstić information content (AvgIpc) is 2.83. The molecule has 11 heteroatoms. The van der Waals surface area contributed by atoms with Gasteiger partial charge in [0, 0.05) is 29.6 Å². The number of sulfone groups is 1. The van der Waals surface area contributed by atoms with Gasteiger partial charge in [0.05, 0.1) is 29.0 Å². The summed E-state index contributed by atoms with van der Waals surface area (Å²) in [5.74, 6) is 1.12. The van der Waals surface area contributed by atoms with Crippen molar-refractivity contribution >= 4 is 38.2 Å². The SMILES string of the molecule is CCC(C)(N)c1cnc(OCCCS(C)(=O)=O)c2cnc(Nc3ccc4c(n3)C(C)(C)COC4=O)cc12. The van der Waals surface area contributed by atoms with Crippen LogP contribution >= 0.6 is 0 Å². The third-order valence-electron chi connectivity index (χ3n) is 6.56. The second-order valence-electron chi connectivity index (χ2n) is 10.4. The maximum Gasteiger partial charge on any atom is 0.340 e. The predicted molar refractivity (Wildman–Crippen MR) is 142 cm³/mol. The van der Waals surface area contributed by atoms with Gasteiger partial charge in [-0.2, -0.15) is 0 Å². The third kappa shape index (κ3) is 5.83. The predicted octanol–water partition coefficient (Wildman–Crippen LogP) is 3.61. The highest BCUT2D eigenvalue weighted by atomic mass is 32.2. The molecule has 1 aliphatic rings. The number of hydrogen-bond acceptors (Lipinski definition) is 10. The highest BCUT2D eigenvalue weighted by molar-refractivity contribution is 7.90. The van der Waals surface area contributed by atoms with Crippen LogP contribution in [0.25, 0.3) is 10.8 Å². The van der Waals surface area contributed by atoms with Crippen molar-refractivity contribution in [1.82, 2.24) is 15.0 Å². The lowest BCUT2D eigenvalue weighted by Crippen LogP contribution is -2.35. The van der Waals surface area contributed by atoms with Gasteiger partial charge in [0.15, 0.2) is 0 Å². The lowest BCUT2D eigenvalue weighted by atomic mass is 9.85. The van der Waals surface area contributed by atoms with Gasteiger partial charge < -0.3 is 20.5 Å². The molecule has 37 heavy (non-hydrogen) atoms. The number of carbonyl (C=O) groups excluding carboxylic acids is 1. The molecule has 0 aromatic carbocycles. The molecular weight excluding hydrogens is 494 g/mol. The van der Waals surface area contributed by atoms with Gasteiger partial charge in [-0.25, -0.2) is 28.2 Å². The zero-order valence-corrected chi connectivity index (χ0v) is 22.6. The van der Waals surface area contributed by atoms with Gasteiger partial charge in [-0.3, -0.25) is 0 Å². The number of carbonyl (C=O) groups is 1. The molecule has 0 spiro atoms. The van der Waals surface area contributed by atoms with Crippen molar-refractivity contribution < 1.29 is 22.7 Å². The fourth-order valence-electron chi connectivity index (χ4n) is 4.16. The van der Waals surface area contributed by atoms with Gasteiger partial charge in [0.25, 0.3) is 0 Å². The number of nitrogens with zero attached hydrogens (tertiary/aromatic N) is 3. The molecule has 0 saturated heterocycles. The number of aromatic nitrogens is 3. The normalized spacial score (nSPS) is 16.5. The van der Waals surface area contributed by atoms with E-state index in [9.17, 15) is 13.2 Å². The third-order valence-corrected chi connectivity index (χ3v) is 7.59. The number of rotatable bonds is 9. The Kier molecular flexibility index (Phi) is 7.13. The minimum atomic E-state index is -3.07. The summed E-state index contributed by atoms with van der Waals surface area (Å²) in [4.78, 5) is 25.9. The van der Waals surface area contributed by atoms with Crippen molar-refractivity contribution in [2.75, 3.05) is 30.5 Å². The Hall–Kier alpha value is -3.31. The first-order valence-corrected chi connectivity index (χ1v) is 14.2. The van der Waals surface area contributed by atoms with E-state index >= 15 is 0 Å². The Morgan fingerprint density at radius 3 is 2.65 bits per heavy atom. The summed E-state index contributed by atoms with van der Waals surface area (Å²) in [5, 5.41) is 4.74. The van der Waals surface area contributed by atoms with Crippen LogP contribution in [0.15, 0.2) is 30.6 Å². The fourth-order valence-corrected chi connectivity index (χ4v) is 4.80. The number of hydrogen-bond donors (Lipinski definition) is 2. The molecule has 0 bridgehead atoms. The van der Waals surface area contributed by atoms with Crippen LogP contribution in [0, 0.1) is 0 Å². The summed E-state index contributed by atoms with van der Waals surface area (Å²) in [7, 11) is -3.07. The Morgan fingerprint density at radius 1 is 1.19 bits per heavy atom. The Labute approximate surface area is 216 Å². The molecular formula is C26H33N5O5S. The molecule has 3 N–H and O–H groups in total. The maximum absolute atomic E-state index is 12.2. The number of fused-ring (bicyclic) bond motifs is 2. The van der Waals surface area contributed by atoms with Crippen molar-refractivity contribution in [2.45, 2.75) is 51.5 Å². The molecule has 3 aromatic rings. The molecule has 1 unspecified atom stereocenters. The zero-order chi connectivity index (χ0) is 27.0. The van der Waals surface area contributed by atoms with Crippen molar-refractivity contribution in [3.63, 3.8) is 0 Å². The minimum Gasteiger partial charge on any atom is -0.477 e. The van der Waals surface area contributed by atoms with E-state index in [0.717, 1.165) is 10.9 Å². The van der Waals surface area contributed by atoms with E-state index in [4.69, 9.17) is 20.2 Å². The molecule has 0 saturated carbocycles. The van der Waals surface area contributed by atoms with Crippen LogP contribution < -0.4 is 15.8 Å². The van der Waals surface area contributed by atoms with Crippen LogP contribution in [0.2, 0.25) is 0 Å². The number of anilines is 2. The quantitative estimate of drug-likeness (QED) is 0.312. The Bertz CT molecular complexity index is 1450. The molecule has 0 amide bonds. The van der Waals surface area contributed by atoms with Gasteiger partial charge in [-0.1, -0.05) is 20.8 Å². The van der Waals surface area contributed by atoms with Gasteiger partial charge in [-0.15, -0.1) is 0 Å². The molecule has 4 heterocycles. The number of nitrogens with two attached hydrogens (primary N) is 1. The zero-order valence-electron chi connectivity index (χ0n) is 21.8. The van der Waals surface area contributed by atoms with Crippen LogP contribution in [-0.2, 0) is 25.5 Å². The Morgan fingerprint density at radius 2 is 1.95 bits per heavy atom. The van der Waals surface area contributed by atoms with E-state index in [1.807, 2.05) is 33.8 Å². The standard InChI is InChI=1S/C26H33N5O5S/c1-6-26(4,27)19-14-29-23(35-10-7-11-37(5,33)34)18-13-28-21(12-17(18)19)30-20-9-8-16-22(31-20)25(2,3)15-36-24(16)32/h8-9,12-14H,6-7,10-11,15,27H2,1-5H3,(H,28,30,31). The van der Waals surface area contributed by atoms with Crippen molar-refractivity contribution in [3.05, 3.63) is 47.4 Å². The largest absolute Gasteiger partial charge is 0.477 e. The summed E-state index contributed by atoms with van der Waals surface area (Å²) in [6.07, 6.45) is 5.60. The van der Waals surface area contributed by atoms with Crippen LogP contribution in [-0.4, -0.2) is 54.6 Å². The minimum absolute atomic E-state index is 0.0361. The fraction of sp³-hybridized carbons (Fsp3) is 0.462.